The molecule has 0 heterocycles. The monoisotopic (exact) mass is 337 g/mol. The summed E-state index contributed by atoms with van der Waals surface area (Å²) in [4.78, 5) is 26.0. The van der Waals surface area contributed by atoms with Crippen molar-refractivity contribution in [1.82, 2.24) is 4.90 Å². The Balaban J connectivity index is 1.76. The van der Waals surface area contributed by atoms with Gasteiger partial charge in [0.05, 0.1) is 12.0 Å². The molecule has 2 aromatic carbocycles. The van der Waals surface area contributed by atoms with Gasteiger partial charge in [-0.1, -0.05) is 42.5 Å². The van der Waals surface area contributed by atoms with E-state index in [4.69, 9.17) is 5.11 Å². The highest BCUT2D eigenvalue weighted by Crippen LogP contribution is 2.36. The molecule has 4 heteroatoms. The highest BCUT2D eigenvalue weighted by Gasteiger charge is 2.34. The molecule has 3 rings (SSSR count). The topological polar surface area (TPSA) is 57.6 Å². The first-order chi connectivity index (χ1) is 12.0. The number of amides is 1. The highest BCUT2D eigenvalue weighted by molar-refractivity contribution is 5.88. The molecule has 1 saturated carbocycles. The van der Waals surface area contributed by atoms with Crippen LogP contribution in [-0.2, 0) is 17.8 Å². The first kappa shape index (κ1) is 17.2. The predicted molar refractivity (Wildman–Crippen MR) is 96.3 cm³/mol. The molecule has 1 aliphatic rings. The van der Waals surface area contributed by atoms with Crippen LogP contribution >= 0.6 is 0 Å². The first-order valence-corrected chi connectivity index (χ1v) is 8.70. The minimum atomic E-state index is -0.971. The molecule has 0 aromatic heterocycles. The lowest BCUT2D eigenvalue weighted by Gasteiger charge is -2.30. The normalized spacial score (nSPS) is 14.8. The summed E-state index contributed by atoms with van der Waals surface area (Å²) in [6.07, 6.45) is 2.58. The summed E-state index contributed by atoms with van der Waals surface area (Å²) in [6.45, 7) is 2.71. The zero-order valence-corrected chi connectivity index (χ0v) is 14.4. The van der Waals surface area contributed by atoms with E-state index in [0.29, 0.717) is 12.5 Å². The van der Waals surface area contributed by atoms with E-state index >= 15 is 0 Å². The lowest BCUT2D eigenvalue weighted by molar-refractivity contribution is -0.133. The third-order valence-electron chi connectivity index (χ3n) is 4.84. The zero-order valence-electron chi connectivity index (χ0n) is 14.4. The maximum absolute atomic E-state index is 13.0. The molecule has 0 spiro atoms. The van der Waals surface area contributed by atoms with Crippen LogP contribution in [0.25, 0.3) is 0 Å². The fourth-order valence-corrected chi connectivity index (χ4v) is 3.16. The number of carboxylic acid groups (broad SMARTS) is 1. The molecule has 0 bridgehead atoms. The zero-order chi connectivity index (χ0) is 17.8. The molecule has 1 fully saturated rings. The molecule has 25 heavy (non-hydrogen) atoms. The van der Waals surface area contributed by atoms with Crippen LogP contribution in [0.3, 0.4) is 0 Å². The second-order valence-electron chi connectivity index (χ2n) is 6.77. The van der Waals surface area contributed by atoms with Gasteiger partial charge in [-0.2, -0.15) is 0 Å². The van der Waals surface area contributed by atoms with Crippen molar-refractivity contribution in [3.05, 3.63) is 71.3 Å². The van der Waals surface area contributed by atoms with E-state index in [2.05, 4.69) is 6.92 Å². The van der Waals surface area contributed by atoms with Crippen molar-refractivity contribution in [3.8, 4) is 0 Å². The Hall–Kier alpha value is -2.62. The van der Waals surface area contributed by atoms with Crippen LogP contribution in [0.4, 0.5) is 0 Å². The van der Waals surface area contributed by atoms with Crippen molar-refractivity contribution in [2.45, 2.75) is 38.8 Å². The van der Waals surface area contributed by atoms with Gasteiger partial charge in [0.1, 0.15) is 0 Å². The van der Waals surface area contributed by atoms with Crippen molar-refractivity contribution in [2.75, 3.05) is 0 Å². The Morgan fingerprint density at radius 1 is 1.08 bits per heavy atom. The molecule has 2 aromatic rings. The van der Waals surface area contributed by atoms with Crippen LogP contribution in [0.5, 0.6) is 0 Å². The average Bonchev–Trinajstić information content (AvgIpc) is 3.45. The summed E-state index contributed by atoms with van der Waals surface area (Å²) >= 11 is 0. The second kappa shape index (κ2) is 7.51. The Morgan fingerprint density at radius 2 is 1.76 bits per heavy atom. The fourth-order valence-electron chi connectivity index (χ4n) is 3.16. The number of carbonyl (C=O) groups excluding carboxylic acids is 1. The van der Waals surface area contributed by atoms with Crippen LogP contribution in [0.2, 0.25) is 0 Å². The van der Waals surface area contributed by atoms with Crippen LogP contribution in [0, 0.1) is 5.92 Å². The Bertz CT molecular complexity index is 753. The summed E-state index contributed by atoms with van der Waals surface area (Å²) < 4.78 is 0. The number of rotatable bonds is 7. The first-order valence-electron chi connectivity index (χ1n) is 8.70. The maximum Gasteiger partial charge on any atom is 0.335 e. The summed E-state index contributed by atoms with van der Waals surface area (Å²) in [5, 5.41) is 9.12. The molecule has 1 unspecified atom stereocenters. The number of nitrogens with zero attached hydrogens (tertiary/aromatic N) is 1. The van der Waals surface area contributed by atoms with E-state index in [9.17, 15) is 9.59 Å². The van der Waals surface area contributed by atoms with Gasteiger partial charge in [-0.3, -0.25) is 4.79 Å². The minimum absolute atomic E-state index is 0.0470. The molecule has 0 aliphatic heterocycles. The van der Waals surface area contributed by atoms with Gasteiger partial charge < -0.3 is 10.0 Å². The quantitative estimate of drug-likeness (QED) is 0.837. The van der Waals surface area contributed by atoms with Gasteiger partial charge >= 0.3 is 5.97 Å². The van der Waals surface area contributed by atoms with E-state index in [1.54, 1.807) is 18.2 Å². The van der Waals surface area contributed by atoms with Gasteiger partial charge in [-0.05, 0) is 48.9 Å². The van der Waals surface area contributed by atoms with Gasteiger partial charge in [-0.25, -0.2) is 4.79 Å². The molecule has 1 amide bonds. The predicted octanol–water partition coefficient (Wildman–Crippen LogP) is 3.75. The van der Waals surface area contributed by atoms with Crippen molar-refractivity contribution in [3.63, 3.8) is 0 Å². The lowest BCUT2D eigenvalue weighted by atomic mass is 10.1. The van der Waals surface area contributed by atoms with Crippen LogP contribution in [0.1, 0.15) is 41.3 Å². The highest BCUT2D eigenvalue weighted by atomic mass is 16.4. The number of aromatic carboxylic acids is 1. The van der Waals surface area contributed by atoms with Gasteiger partial charge in [-0.15, -0.1) is 0 Å². The molecule has 0 saturated heterocycles. The van der Waals surface area contributed by atoms with Crippen molar-refractivity contribution in [2.24, 2.45) is 5.92 Å². The van der Waals surface area contributed by atoms with Crippen molar-refractivity contribution >= 4 is 11.9 Å². The van der Waals surface area contributed by atoms with Crippen LogP contribution in [0.15, 0.2) is 54.6 Å². The lowest BCUT2D eigenvalue weighted by Crippen LogP contribution is -2.40. The van der Waals surface area contributed by atoms with E-state index in [0.717, 1.165) is 11.1 Å². The summed E-state index contributed by atoms with van der Waals surface area (Å²) in [7, 11) is 0. The summed E-state index contributed by atoms with van der Waals surface area (Å²) in [5.41, 5.74) is 2.07. The molecule has 1 aliphatic carbocycles. The van der Waals surface area contributed by atoms with Crippen molar-refractivity contribution in [1.29, 1.82) is 0 Å². The van der Waals surface area contributed by atoms with Gasteiger partial charge in [0.15, 0.2) is 0 Å². The van der Waals surface area contributed by atoms with E-state index in [-0.39, 0.29) is 23.9 Å². The number of carbonyl (C=O) groups is 2. The molecule has 130 valence electrons. The largest absolute Gasteiger partial charge is 0.478 e. The molecule has 1 atom stereocenters. The molecular weight excluding hydrogens is 314 g/mol. The number of carboxylic acids is 1. The number of hydrogen-bond donors (Lipinski definition) is 1. The van der Waals surface area contributed by atoms with Crippen molar-refractivity contribution < 1.29 is 14.7 Å². The van der Waals surface area contributed by atoms with Gasteiger partial charge in [0.25, 0.3) is 0 Å². The van der Waals surface area contributed by atoms with Crippen LogP contribution < -0.4 is 0 Å². The molecular formula is C21H23NO3. The average molecular weight is 337 g/mol. The van der Waals surface area contributed by atoms with E-state index < -0.39 is 5.97 Å². The summed E-state index contributed by atoms with van der Waals surface area (Å²) in [6, 6.07) is 16.8. The van der Waals surface area contributed by atoms with Gasteiger partial charge in [0, 0.05) is 12.6 Å². The van der Waals surface area contributed by atoms with Crippen LogP contribution in [-0.4, -0.2) is 27.9 Å². The van der Waals surface area contributed by atoms with Gasteiger partial charge in [0.2, 0.25) is 5.91 Å². The smallest absolute Gasteiger partial charge is 0.335 e. The fraction of sp³-hybridized carbons (Fsp3) is 0.333. The molecule has 1 N–H and O–H groups in total. The molecule has 4 nitrogen and oxygen atoms in total. The third kappa shape index (κ3) is 4.47. The molecule has 0 radical (unpaired) electrons. The number of benzene rings is 2. The SMILES string of the molecule is CC(C1CC1)N(Cc1ccccc1)C(=O)Cc1cccc(C(=O)O)c1. The standard InChI is InChI=1S/C21H23NO3/c1-15(18-10-11-18)22(14-16-6-3-2-4-7-16)20(23)13-17-8-5-9-19(12-17)21(24)25/h2-9,12,15,18H,10-11,13-14H2,1H3,(H,24,25). The maximum atomic E-state index is 13.0. The minimum Gasteiger partial charge on any atom is -0.478 e. The second-order valence-corrected chi connectivity index (χ2v) is 6.77. The third-order valence-corrected chi connectivity index (χ3v) is 4.84. The van der Waals surface area contributed by atoms with E-state index in [1.165, 1.54) is 12.8 Å². The summed E-state index contributed by atoms with van der Waals surface area (Å²) in [5.74, 6) is -0.342. The Morgan fingerprint density at radius 3 is 2.40 bits per heavy atom. The number of hydrogen-bond acceptors (Lipinski definition) is 2. The Labute approximate surface area is 148 Å². The van der Waals surface area contributed by atoms with E-state index in [1.807, 2.05) is 41.3 Å². The Kier molecular flexibility index (Phi) is 5.17.